The quantitative estimate of drug-likeness (QED) is 0.569. The Morgan fingerprint density at radius 1 is 1.07 bits per heavy atom. The number of hydrogen-bond acceptors (Lipinski definition) is 6. The van der Waals surface area contributed by atoms with Crippen LogP contribution in [0.2, 0.25) is 0 Å². The standard InChI is InChI=1S/C22H25N3O3S/c1-4-27-18-7-6-16(14-19(18)28-5-2)8-13-24-21(26)20-15(3)25-22(29-20)17-9-11-23-12-10-17/h6-7,9-12,14H,4-5,8,13H2,1-3H3,(H,24,26). The zero-order chi connectivity index (χ0) is 20.6. The zero-order valence-corrected chi connectivity index (χ0v) is 17.7. The van der Waals surface area contributed by atoms with Gasteiger partial charge in [0.05, 0.1) is 18.9 Å². The van der Waals surface area contributed by atoms with Crippen LogP contribution in [-0.2, 0) is 6.42 Å². The highest BCUT2D eigenvalue weighted by Gasteiger charge is 2.16. The molecular formula is C22H25N3O3S. The normalized spacial score (nSPS) is 10.6. The molecule has 1 aromatic carbocycles. The van der Waals surface area contributed by atoms with Gasteiger partial charge in [-0.1, -0.05) is 6.07 Å². The van der Waals surface area contributed by atoms with Crippen molar-refractivity contribution in [2.45, 2.75) is 27.2 Å². The molecule has 1 amide bonds. The summed E-state index contributed by atoms with van der Waals surface area (Å²) in [6, 6.07) is 9.67. The molecule has 3 rings (SSSR count). The van der Waals surface area contributed by atoms with Gasteiger partial charge in [0.2, 0.25) is 0 Å². The molecule has 0 unspecified atom stereocenters. The molecule has 0 saturated heterocycles. The summed E-state index contributed by atoms with van der Waals surface area (Å²) in [5, 5.41) is 3.81. The minimum atomic E-state index is -0.101. The molecule has 0 aliphatic carbocycles. The van der Waals surface area contributed by atoms with Crippen LogP contribution in [0.5, 0.6) is 11.5 Å². The van der Waals surface area contributed by atoms with Gasteiger partial charge in [-0.15, -0.1) is 11.3 Å². The second-order valence-electron chi connectivity index (χ2n) is 6.32. The van der Waals surface area contributed by atoms with Crippen molar-refractivity contribution in [2.24, 2.45) is 0 Å². The van der Waals surface area contributed by atoms with E-state index < -0.39 is 0 Å². The topological polar surface area (TPSA) is 73.3 Å². The highest BCUT2D eigenvalue weighted by molar-refractivity contribution is 7.17. The fraction of sp³-hybridized carbons (Fsp3) is 0.318. The highest BCUT2D eigenvalue weighted by Crippen LogP contribution is 2.29. The van der Waals surface area contributed by atoms with E-state index in [1.807, 2.05) is 51.1 Å². The molecule has 0 radical (unpaired) electrons. The first-order chi connectivity index (χ1) is 14.1. The number of thiazole rings is 1. The van der Waals surface area contributed by atoms with E-state index in [0.717, 1.165) is 33.3 Å². The number of nitrogens with one attached hydrogen (secondary N) is 1. The number of nitrogens with zero attached hydrogens (tertiary/aromatic N) is 2. The van der Waals surface area contributed by atoms with Crippen LogP contribution < -0.4 is 14.8 Å². The SMILES string of the molecule is CCOc1ccc(CCNC(=O)c2sc(-c3ccncc3)nc2C)cc1OCC. The van der Waals surface area contributed by atoms with Crippen LogP contribution in [0, 0.1) is 6.92 Å². The monoisotopic (exact) mass is 411 g/mol. The third-order valence-corrected chi connectivity index (χ3v) is 5.44. The first kappa shape index (κ1) is 20.8. The fourth-order valence-corrected chi connectivity index (χ4v) is 3.86. The van der Waals surface area contributed by atoms with Crippen LogP contribution in [0.1, 0.15) is 34.8 Å². The minimum absolute atomic E-state index is 0.101. The zero-order valence-electron chi connectivity index (χ0n) is 16.9. The number of amides is 1. The van der Waals surface area contributed by atoms with Gasteiger partial charge < -0.3 is 14.8 Å². The van der Waals surface area contributed by atoms with Gasteiger partial charge in [-0.3, -0.25) is 9.78 Å². The van der Waals surface area contributed by atoms with Gasteiger partial charge in [-0.2, -0.15) is 0 Å². The van der Waals surface area contributed by atoms with Gasteiger partial charge in [0, 0.05) is 24.5 Å². The molecule has 7 heteroatoms. The molecule has 0 aliphatic rings. The number of rotatable bonds is 9. The number of pyridine rings is 1. The van der Waals surface area contributed by atoms with Gasteiger partial charge in [-0.05, 0) is 57.0 Å². The predicted octanol–water partition coefficient (Wildman–Crippen LogP) is 4.28. The van der Waals surface area contributed by atoms with E-state index in [1.165, 1.54) is 11.3 Å². The van der Waals surface area contributed by atoms with E-state index in [9.17, 15) is 4.79 Å². The Morgan fingerprint density at radius 3 is 2.52 bits per heavy atom. The maximum absolute atomic E-state index is 12.6. The first-order valence-electron chi connectivity index (χ1n) is 9.66. The molecule has 0 saturated carbocycles. The van der Waals surface area contributed by atoms with Crippen LogP contribution in [0.3, 0.4) is 0 Å². The van der Waals surface area contributed by atoms with Crippen molar-refractivity contribution < 1.29 is 14.3 Å². The van der Waals surface area contributed by atoms with Crippen molar-refractivity contribution in [3.63, 3.8) is 0 Å². The number of carbonyl (C=O) groups is 1. The number of aryl methyl sites for hydroxylation is 1. The van der Waals surface area contributed by atoms with Crippen LogP contribution in [0.15, 0.2) is 42.7 Å². The third-order valence-electron chi connectivity index (χ3n) is 4.24. The molecule has 29 heavy (non-hydrogen) atoms. The molecular weight excluding hydrogens is 386 g/mol. The van der Waals surface area contributed by atoms with Crippen molar-refractivity contribution in [3.05, 3.63) is 58.9 Å². The Kier molecular flexibility index (Phi) is 7.19. The molecule has 0 aliphatic heterocycles. The Morgan fingerprint density at radius 2 is 1.79 bits per heavy atom. The number of aromatic nitrogens is 2. The molecule has 0 atom stereocenters. The second-order valence-corrected chi connectivity index (χ2v) is 7.32. The largest absolute Gasteiger partial charge is 0.490 e. The van der Waals surface area contributed by atoms with Crippen molar-refractivity contribution in [3.8, 4) is 22.1 Å². The van der Waals surface area contributed by atoms with Gasteiger partial charge in [0.15, 0.2) is 11.5 Å². The van der Waals surface area contributed by atoms with Crippen molar-refractivity contribution in [1.82, 2.24) is 15.3 Å². The summed E-state index contributed by atoms with van der Waals surface area (Å²) in [5.74, 6) is 1.38. The van der Waals surface area contributed by atoms with Crippen molar-refractivity contribution >= 4 is 17.2 Å². The summed E-state index contributed by atoms with van der Waals surface area (Å²) in [6.45, 7) is 7.44. The summed E-state index contributed by atoms with van der Waals surface area (Å²) >= 11 is 1.40. The summed E-state index contributed by atoms with van der Waals surface area (Å²) in [6.07, 6.45) is 4.14. The van der Waals surface area contributed by atoms with E-state index in [4.69, 9.17) is 9.47 Å². The highest BCUT2D eigenvalue weighted by atomic mass is 32.1. The average Bonchev–Trinajstić information content (AvgIpc) is 3.12. The minimum Gasteiger partial charge on any atom is -0.490 e. The molecule has 6 nitrogen and oxygen atoms in total. The van der Waals surface area contributed by atoms with E-state index in [0.29, 0.717) is 31.1 Å². The molecule has 2 heterocycles. The lowest BCUT2D eigenvalue weighted by Gasteiger charge is -2.12. The van der Waals surface area contributed by atoms with Gasteiger partial charge in [-0.25, -0.2) is 4.98 Å². The molecule has 0 fully saturated rings. The number of carbonyl (C=O) groups excluding carboxylic acids is 1. The Balaban J connectivity index is 1.61. The third kappa shape index (κ3) is 5.32. The lowest BCUT2D eigenvalue weighted by atomic mass is 10.1. The number of benzene rings is 1. The van der Waals surface area contributed by atoms with Gasteiger partial charge in [0.1, 0.15) is 9.88 Å². The van der Waals surface area contributed by atoms with E-state index in [1.54, 1.807) is 12.4 Å². The maximum atomic E-state index is 12.6. The van der Waals surface area contributed by atoms with Gasteiger partial charge >= 0.3 is 0 Å². The average molecular weight is 412 g/mol. The van der Waals surface area contributed by atoms with E-state index in [-0.39, 0.29) is 5.91 Å². The predicted molar refractivity (Wildman–Crippen MR) is 115 cm³/mol. The Labute approximate surface area is 174 Å². The lowest BCUT2D eigenvalue weighted by Crippen LogP contribution is -2.25. The lowest BCUT2D eigenvalue weighted by molar-refractivity contribution is 0.0957. The van der Waals surface area contributed by atoms with Crippen molar-refractivity contribution in [2.75, 3.05) is 19.8 Å². The van der Waals surface area contributed by atoms with Gasteiger partial charge in [0.25, 0.3) is 5.91 Å². The molecule has 2 aromatic heterocycles. The maximum Gasteiger partial charge on any atom is 0.263 e. The summed E-state index contributed by atoms with van der Waals surface area (Å²) in [5.41, 5.74) is 2.78. The molecule has 152 valence electrons. The van der Waals surface area contributed by atoms with Crippen LogP contribution >= 0.6 is 11.3 Å². The van der Waals surface area contributed by atoms with E-state index >= 15 is 0 Å². The second kappa shape index (κ2) is 10.0. The summed E-state index contributed by atoms with van der Waals surface area (Å²) < 4.78 is 11.3. The van der Waals surface area contributed by atoms with Crippen LogP contribution in [0.4, 0.5) is 0 Å². The summed E-state index contributed by atoms with van der Waals surface area (Å²) in [4.78, 5) is 21.8. The fourth-order valence-electron chi connectivity index (χ4n) is 2.88. The van der Waals surface area contributed by atoms with E-state index in [2.05, 4.69) is 15.3 Å². The Hall–Kier alpha value is -2.93. The summed E-state index contributed by atoms with van der Waals surface area (Å²) in [7, 11) is 0. The smallest absolute Gasteiger partial charge is 0.263 e. The molecule has 0 bridgehead atoms. The molecule has 0 spiro atoms. The molecule has 3 aromatic rings. The van der Waals surface area contributed by atoms with Crippen molar-refractivity contribution in [1.29, 1.82) is 0 Å². The van der Waals surface area contributed by atoms with Crippen LogP contribution in [-0.4, -0.2) is 35.6 Å². The first-order valence-corrected chi connectivity index (χ1v) is 10.5. The Bertz CT molecular complexity index is 957. The number of hydrogen-bond donors (Lipinski definition) is 1. The van der Waals surface area contributed by atoms with Crippen LogP contribution in [0.25, 0.3) is 10.6 Å². The number of ether oxygens (including phenoxy) is 2. The molecule has 1 N–H and O–H groups in total.